The first-order chi connectivity index (χ1) is 9.13. The van der Waals surface area contributed by atoms with Gasteiger partial charge in [0.25, 0.3) is 0 Å². The van der Waals surface area contributed by atoms with E-state index >= 15 is 0 Å². The van der Waals surface area contributed by atoms with Crippen molar-refractivity contribution in [3.8, 4) is 0 Å². The van der Waals surface area contributed by atoms with Gasteiger partial charge in [0.1, 0.15) is 0 Å². The summed E-state index contributed by atoms with van der Waals surface area (Å²) in [6.45, 7) is 3.97. The van der Waals surface area contributed by atoms with Crippen molar-refractivity contribution >= 4 is 17.4 Å². The highest BCUT2D eigenvalue weighted by molar-refractivity contribution is 6.31. The summed E-state index contributed by atoms with van der Waals surface area (Å²) in [5.41, 5.74) is 2.74. The standard InChI is InChI=1S/C17H17ClO/c1-3-15(13-7-5-4-6-8-13)17(19)14-10-9-12(2)16(18)11-14/h4-11,15H,3H2,1-2H3. The molecule has 98 valence electrons. The third-order valence-electron chi connectivity index (χ3n) is 3.38. The maximum Gasteiger partial charge on any atom is 0.170 e. The summed E-state index contributed by atoms with van der Waals surface area (Å²) in [6, 6.07) is 15.4. The molecule has 0 bridgehead atoms. The van der Waals surface area contributed by atoms with Crippen LogP contribution in [-0.2, 0) is 0 Å². The SMILES string of the molecule is CCC(C(=O)c1ccc(C)c(Cl)c1)c1ccccc1. The Bertz CT molecular complexity index is 575. The number of hydrogen-bond acceptors (Lipinski definition) is 1. The second kappa shape index (κ2) is 6.03. The van der Waals surface area contributed by atoms with Gasteiger partial charge in [0, 0.05) is 16.5 Å². The summed E-state index contributed by atoms with van der Waals surface area (Å²) in [7, 11) is 0. The van der Waals surface area contributed by atoms with Crippen LogP contribution in [0.1, 0.15) is 40.7 Å². The van der Waals surface area contributed by atoms with Crippen molar-refractivity contribution in [3.63, 3.8) is 0 Å². The van der Waals surface area contributed by atoms with Gasteiger partial charge in [0.05, 0.1) is 0 Å². The Morgan fingerprint density at radius 1 is 1.16 bits per heavy atom. The molecule has 0 spiro atoms. The second-order valence-corrected chi connectivity index (χ2v) is 5.11. The van der Waals surface area contributed by atoms with Gasteiger partial charge < -0.3 is 0 Å². The van der Waals surface area contributed by atoms with E-state index in [1.165, 1.54) is 0 Å². The van der Waals surface area contributed by atoms with Crippen molar-refractivity contribution in [2.45, 2.75) is 26.2 Å². The zero-order valence-electron chi connectivity index (χ0n) is 11.2. The lowest BCUT2D eigenvalue weighted by Crippen LogP contribution is -2.12. The minimum Gasteiger partial charge on any atom is -0.293 e. The van der Waals surface area contributed by atoms with E-state index in [1.807, 2.05) is 56.3 Å². The molecular formula is C17H17ClO. The van der Waals surface area contributed by atoms with E-state index < -0.39 is 0 Å². The molecular weight excluding hydrogens is 256 g/mol. The Labute approximate surface area is 119 Å². The van der Waals surface area contributed by atoms with Crippen molar-refractivity contribution in [2.75, 3.05) is 0 Å². The molecule has 0 heterocycles. The van der Waals surface area contributed by atoms with Gasteiger partial charge in [-0.1, -0.05) is 61.0 Å². The predicted molar refractivity (Wildman–Crippen MR) is 80.0 cm³/mol. The van der Waals surface area contributed by atoms with Crippen LogP contribution in [0.5, 0.6) is 0 Å². The van der Waals surface area contributed by atoms with Crippen LogP contribution in [0.3, 0.4) is 0 Å². The Balaban J connectivity index is 2.33. The van der Waals surface area contributed by atoms with Gasteiger partial charge in [-0.15, -0.1) is 0 Å². The van der Waals surface area contributed by atoms with Crippen LogP contribution in [0, 0.1) is 6.92 Å². The molecule has 0 fully saturated rings. The molecule has 0 saturated heterocycles. The average molecular weight is 273 g/mol. The zero-order chi connectivity index (χ0) is 13.8. The number of benzene rings is 2. The number of carbonyl (C=O) groups excluding carboxylic acids is 1. The smallest absolute Gasteiger partial charge is 0.170 e. The Morgan fingerprint density at radius 2 is 1.84 bits per heavy atom. The van der Waals surface area contributed by atoms with E-state index in [0.29, 0.717) is 10.6 Å². The monoisotopic (exact) mass is 272 g/mol. The van der Waals surface area contributed by atoms with Crippen LogP contribution in [0.25, 0.3) is 0 Å². The summed E-state index contributed by atoms with van der Waals surface area (Å²) in [5.74, 6) is 0.0376. The summed E-state index contributed by atoms with van der Waals surface area (Å²) in [6.07, 6.45) is 0.786. The first-order valence-corrected chi connectivity index (χ1v) is 6.86. The average Bonchev–Trinajstić information content (AvgIpc) is 2.44. The number of Topliss-reactive ketones (excluding diaryl/α,β-unsaturated/α-hetero) is 1. The molecule has 0 aliphatic heterocycles. The first kappa shape index (κ1) is 13.8. The molecule has 2 heteroatoms. The number of rotatable bonds is 4. The summed E-state index contributed by atoms with van der Waals surface area (Å²) >= 11 is 6.10. The molecule has 1 unspecified atom stereocenters. The number of ketones is 1. The van der Waals surface area contributed by atoms with Gasteiger partial charge in [-0.2, -0.15) is 0 Å². The Kier molecular flexibility index (Phi) is 4.39. The number of aryl methyl sites for hydroxylation is 1. The van der Waals surface area contributed by atoms with Crippen LogP contribution >= 0.6 is 11.6 Å². The lowest BCUT2D eigenvalue weighted by molar-refractivity contribution is 0.0957. The molecule has 1 atom stereocenters. The second-order valence-electron chi connectivity index (χ2n) is 4.70. The fraction of sp³-hybridized carbons (Fsp3) is 0.235. The normalized spacial score (nSPS) is 12.2. The molecule has 2 aromatic carbocycles. The van der Waals surface area contributed by atoms with Crippen molar-refractivity contribution in [1.29, 1.82) is 0 Å². The van der Waals surface area contributed by atoms with Crippen LogP contribution in [0.2, 0.25) is 5.02 Å². The van der Waals surface area contributed by atoms with E-state index in [2.05, 4.69) is 0 Å². The van der Waals surface area contributed by atoms with Crippen LogP contribution in [-0.4, -0.2) is 5.78 Å². The van der Waals surface area contributed by atoms with Gasteiger partial charge in [0.2, 0.25) is 0 Å². The maximum atomic E-state index is 12.6. The Morgan fingerprint density at radius 3 is 2.42 bits per heavy atom. The molecule has 2 aromatic rings. The quantitative estimate of drug-likeness (QED) is 0.714. The topological polar surface area (TPSA) is 17.1 Å². The molecule has 0 N–H and O–H groups in total. The number of carbonyl (C=O) groups is 1. The summed E-state index contributed by atoms with van der Waals surface area (Å²) < 4.78 is 0. The fourth-order valence-corrected chi connectivity index (χ4v) is 2.39. The van der Waals surface area contributed by atoms with Gasteiger partial charge in [0.15, 0.2) is 5.78 Å². The Hall–Kier alpha value is -1.60. The highest BCUT2D eigenvalue weighted by Gasteiger charge is 2.20. The van der Waals surface area contributed by atoms with E-state index in [1.54, 1.807) is 6.07 Å². The first-order valence-electron chi connectivity index (χ1n) is 6.48. The number of halogens is 1. The third-order valence-corrected chi connectivity index (χ3v) is 3.79. The number of hydrogen-bond donors (Lipinski definition) is 0. The summed E-state index contributed by atoms with van der Waals surface area (Å²) in [4.78, 5) is 12.6. The van der Waals surface area contributed by atoms with Crippen molar-refractivity contribution < 1.29 is 4.79 Å². The zero-order valence-corrected chi connectivity index (χ0v) is 11.9. The molecule has 2 rings (SSSR count). The highest BCUT2D eigenvalue weighted by atomic mass is 35.5. The highest BCUT2D eigenvalue weighted by Crippen LogP contribution is 2.26. The van der Waals surface area contributed by atoms with E-state index in [9.17, 15) is 4.79 Å². The molecule has 0 saturated carbocycles. The maximum absolute atomic E-state index is 12.6. The minimum absolute atomic E-state index is 0.0972. The van der Waals surface area contributed by atoms with Gasteiger partial charge in [-0.25, -0.2) is 0 Å². The molecule has 0 aliphatic rings. The molecule has 0 amide bonds. The van der Waals surface area contributed by atoms with Crippen molar-refractivity contribution in [1.82, 2.24) is 0 Å². The third kappa shape index (κ3) is 3.05. The van der Waals surface area contributed by atoms with Gasteiger partial charge in [-0.3, -0.25) is 4.79 Å². The summed E-state index contributed by atoms with van der Waals surface area (Å²) in [5, 5.41) is 0.647. The predicted octanol–water partition coefficient (Wildman–Crippen LogP) is 5.02. The lowest BCUT2D eigenvalue weighted by Gasteiger charge is -2.14. The lowest BCUT2D eigenvalue weighted by atomic mass is 9.88. The largest absolute Gasteiger partial charge is 0.293 e. The van der Waals surface area contributed by atoms with E-state index in [0.717, 1.165) is 17.5 Å². The molecule has 19 heavy (non-hydrogen) atoms. The minimum atomic E-state index is -0.0972. The van der Waals surface area contributed by atoms with Gasteiger partial charge in [-0.05, 0) is 30.5 Å². The van der Waals surface area contributed by atoms with Crippen LogP contribution < -0.4 is 0 Å². The molecule has 1 nitrogen and oxygen atoms in total. The van der Waals surface area contributed by atoms with E-state index in [4.69, 9.17) is 11.6 Å². The molecule has 0 aliphatic carbocycles. The molecule has 0 aromatic heterocycles. The van der Waals surface area contributed by atoms with Crippen molar-refractivity contribution in [2.24, 2.45) is 0 Å². The molecule has 0 radical (unpaired) electrons. The van der Waals surface area contributed by atoms with Crippen LogP contribution in [0.15, 0.2) is 48.5 Å². The fourth-order valence-electron chi connectivity index (χ4n) is 2.21. The van der Waals surface area contributed by atoms with Crippen LogP contribution in [0.4, 0.5) is 0 Å². The van der Waals surface area contributed by atoms with Gasteiger partial charge >= 0.3 is 0 Å². The van der Waals surface area contributed by atoms with E-state index in [-0.39, 0.29) is 11.7 Å². The van der Waals surface area contributed by atoms with Crippen molar-refractivity contribution in [3.05, 3.63) is 70.2 Å².